The molecule has 3 aromatic carbocycles. The summed E-state index contributed by atoms with van der Waals surface area (Å²) in [6, 6.07) is 30.9. The summed E-state index contributed by atoms with van der Waals surface area (Å²) in [6.07, 6.45) is 0. The Labute approximate surface area is 197 Å². The summed E-state index contributed by atoms with van der Waals surface area (Å²) in [5.41, 5.74) is 10.1. The van der Waals surface area contributed by atoms with Crippen molar-refractivity contribution < 1.29 is 0 Å². The van der Waals surface area contributed by atoms with Crippen LogP contribution in [0.15, 0.2) is 94.5 Å². The van der Waals surface area contributed by atoms with Gasteiger partial charge in [-0.2, -0.15) is 0 Å². The molecule has 0 spiro atoms. The Morgan fingerprint density at radius 1 is 0.581 bits per heavy atom. The summed E-state index contributed by atoms with van der Waals surface area (Å²) < 4.78 is 1.06. The fourth-order valence-corrected chi connectivity index (χ4v) is 6.12. The van der Waals surface area contributed by atoms with Crippen LogP contribution in [0.25, 0.3) is 43.1 Å². The predicted molar refractivity (Wildman–Crippen MR) is 141 cm³/mol. The Kier molecular flexibility index (Phi) is 5.58. The van der Waals surface area contributed by atoms with Gasteiger partial charge in [0.1, 0.15) is 0 Å². The smallest absolute Gasteiger partial charge is 0.0577 e. The Hall–Kier alpha value is -2.59. The van der Waals surface area contributed by atoms with Crippen molar-refractivity contribution in [3.05, 3.63) is 101 Å². The zero-order valence-corrected chi connectivity index (χ0v) is 20.0. The number of aryl methyl sites for hydroxylation is 2. The maximum Gasteiger partial charge on any atom is 0.0577 e. The number of thiophene rings is 2. The first kappa shape index (κ1) is 20.3. The van der Waals surface area contributed by atoms with E-state index < -0.39 is 0 Å². The Morgan fingerprint density at radius 2 is 1.03 bits per heavy atom. The number of rotatable bonds is 4. The normalized spacial score (nSPS) is 11.1. The van der Waals surface area contributed by atoms with Crippen molar-refractivity contribution in [2.45, 2.75) is 18.1 Å². The molecule has 0 unspecified atom stereocenters. The Morgan fingerprint density at radius 3 is 1.42 bits per heavy atom. The summed E-state index contributed by atoms with van der Waals surface area (Å²) in [4.78, 5) is 2.62. The zero-order chi connectivity index (χ0) is 21.4. The van der Waals surface area contributed by atoms with Gasteiger partial charge in [-0.05, 0) is 75.9 Å². The topological polar surface area (TPSA) is 0 Å². The lowest BCUT2D eigenvalue weighted by Gasteiger charge is -2.07. The molecule has 0 aliphatic rings. The summed E-state index contributed by atoms with van der Waals surface area (Å²) in [6.45, 7) is 4.29. The van der Waals surface area contributed by atoms with Gasteiger partial charge in [0.25, 0.3) is 0 Å². The predicted octanol–water partition coefficient (Wildman–Crippen LogP) is 9.38. The monoisotopic (exact) mass is 454 g/mol. The third-order valence-electron chi connectivity index (χ3n) is 5.50. The highest BCUT2D eigenvalue weighted by Gasteiger charge is 2.07. The highest BCUT2D eigenvalue weighted by Crippen LogP contribution is 2.35. The van der Waals surface area contributed by atoms with Crippen LogP contribution in [0.1, 0.15) is 11.1 Å². The lowest BCUT2D eigenvalue weighted by Crippen LogP contribution is -1.82. The van der Waals surface area contributed by atoms with E-state index in [0.717, 1.165) is 4.21 Å². The number of hydrogen-bond acceptors (Lipinski definition) is 3. The fourth-order valence-electron chi connectivity index (χ4n) is 3.83. The maximum atomic E-state index is 4.49. The molecule has 152 valence electrons. The molecule has 0 nitrogen and oxygen atoms in total. The molecule has 0 N–H and O–H groups in total. The van der Waals surface area contributed by atoms with Crippen LogP contribution in [0.3, 0.4) is 0 Å². The van der Waals surface area contributed by atoms with Crippen molar-refractivity contribution in [1.29, 1.82) is 0 Å². The molecule has 3 heteroatoms. The Bertz CT molecular complexity index is 1320. The lowest BCUT2D eigenvalue weighted by molar-refractivity contribution is 1.50. The molecule has 0 radical (unpaired) electrons. The summed E-state index contributed by atoms with van der Waals surface area (Å²) >= 11 is 8.02. The van der Waals surface area contributed by atoms with Gasteiger partial charge in [-0.25, -0.2) is 0 Å². The van der Waals surface area contributed by atoms with E-state index >= 15 is 0 Å². The van der Waals surface area contributed by atoms with E-state index in [0.29, 0.717) is 0 Å². The van der Waals surface area contributed by atoms with Crippen LogP contribution >= 0.6 is 35.3 Å². The Balaban J connectivity index is 1.35. The van der Waals surface area contributed by atoms with Crippen molar-refractivity contribution in [3.63, 3.8) is 0 Å². The number of hydrogen-bond donors (Lipinski definition) is 1. The van der Waals surface area contributed by atoms with E-state index in [1.807, 2.05) is 0 Å². The van der Waals surface area contributed by atoms with E-state index in [2.05, 4.69) is 117 Å². The second-order valence-corrected chi connectivity index (χ2v) is 10.6. The largest absolute Gasteiger partial charge is 0.144 e. The van der Waals surface area contributed by atoms with Gasteiger partial charge in [0.15, 0.2) is 0 Å². The molecule has 0 fully saturated rings. The first-order valence-corrected chi connectivity index (χ1v) is 12.4. The van der Waals surface area contributed by atoms with Crippen LogP contribution in [0.2, 0.25) is 0 Å². The van der Waals surface area contributed by atoms with Crippen LogP contribution in [0.4, 0.5) is 0 Å². The van der Waals surface area contributed by atoms with Crippen LogP contribution in [-0.4, -0.2) is 0 Å². The lowest BCUT2D eigenvalue weighted by atomic mass is 9.98. The van der Waals surface area contributed by atoms with E-state index in [4.69, 9.17) is 0 Å². The first-order valence-electron chi connectivity index (χ1n) is 10.2. The molecule has 0 aliphatic carbocycles. The number of benzene rings is 3. The van der Waals surface area contributed by atoms with Gasteiger partial charge >= 0.3 is 0 Å². The maximum absolute atomic E-state index is 4.49. The van der Waals surface area contributed by atoms with Gasteiger partial charge in [-0.3, -0.25) is 0 Å². The molecule has 2 heterocycles. The van der Waals surface area contributed by atoms with E-state index in [9.17, 15) is 0 Å². The minimum absolute atomic E-state index is 1.06. The molecular formula is C28H22S3. The van der Waals surface area contributed by atoms with E-state index in [-0.39, 0.29) is 0 Å². The molecule has 0 atom stereocenters. The van der Waals surface area contributed by atoms with Crippen molar-refractivity contribution in [1.82, 2.24) is 0 Å². The molecule has 31 heavy (non-hydrogen) atoms. The minimum atomic E-state index is 1.06. The highest BCUT2D eigenvalue weighted by atomic mass is 32.2. The first-order chi connectivity index (χ1) is 15.1. The molecule has 2 aromatic heterocycles. The second kappa shape index (κ2) is 8.51. The molecule has 5 rings (SSSR count). The third kappa shape index (κ3) is 4.27. The van der Waals surface area contributed by atoms with Gasteiger partial charge in [-0.15, -0.1) is 35.3 Å². The van der Waals surface area contributed by atoms with Crippen LogP contribution < -0.4 is 0 Å². The van der Waals surface area contributed by atoms with Gasteiger partial charge in [0.2, 0.25) is 0 Å². The molecule has 0 aliphatic heterocycles. The van der Waals surface area contributed by atoms with Crippen molar-refractivity contribution in [2.24, 2.45) is 0 Å². The zero-order valence-electron chi connectivity index (χ0n) is 17.4. The average Bonchev–Trinajstić information content (AvgIpc) is 3.38. The van der Waals surface area contributed by atoms with Gasteiger partial charge in [0, 0.05) is 9.75 Å². The molecule has 0 amide bonds. The van der Waals surface area contributed by atoms with E-state index in [1.165, 1.54) is 54.3 Å². The molecule has 0 saturated heterocycles. The van der Waals surface area contributed by atoms with Gasteiger partial charge in [-0.1, -0.05) is 72.8 Å². The SMILES string of the molecule is Cc1csc(-c2ccc(-c3ccc(-c4ccc(-c5sc(S)cc5C)cc4)cc3)cc2)c1. The second-order valence-electron chi connectivity index (χ2n) is 7.82. The molecule has 5 aromatic rings. The van der Waals surface area contributed by atoms with Crippen molar-refractivity contribution in [3.8, 4) is 43.1 Å². The van der Waals surface area contributed by atoms with E-state index in [1.54, 1.807) is 22.7 Å². The summed E-state index contributed by atoms with van der Waals surface area (Å²) in [5, 5.41) is 2.20. The van der Waals surface area contributed by atoms with Gasteiger partial charge in [0.05, 0.1) is 4.21 Å². The molecule has 0 saturated carbocycles. The van der Waals surface area contributed by atoms with Crippen molar-refractivity contribution >= 4 is 35.3 Å². The van der Waals surface area contributed by atoms with Crippen LogP contribution in [0, 0.1) is 13.8 Å². The van der Waals surface area contributed by atoms with Crippen LogP contribution in [-0.2, 0) is 0 Å². The third-order valence-corrected chi connectivity index (χ3v) is 8.09. The quantitative estimate of drug-likeness (QED) is 0.257. The number of thiol groups is 1. The average molecular weight is 455 g/mol. The summed E-state index contributed by atoms with van der Waals surface area (Å²) in [7, 11) is 0. The molecular weight excluding hydrogens is 433 g/mol. The molecule has 0 bridgehead atoms. The fraction of sp³-hybridized carbons (Fsp3) is 0.0714. The van der Waals surface area contributed by atoms with Crippen molar-refractivity contribution in [2.75, 3.05) is 0 Å². The highest BCUT2D eigenvalue weighted by molar-refractivity contribution is 7.83. The standard InChI is InChI=1S/C28H22S3/c1-18-15-26(30-17-18)24-11-7-22(8-12-24)20-3-5-21(6-4-20)23-9-13-25(14-10-23)28-19(2)16-27(29)31-28/h3-17,29H,1-2H3. The minimum Gasteiger partial charge on any atom is -0.144 e. The van der Waals surface area contributed by atoms with Gasteiger partial charge < -0.3 is 0 Å². The summed E-state index contributed by atoms with van der Waals surface area (Å²) in [5.74, 6) is 0. The van der Waals surface area contributed by atoms with Crippen LogP contribution in [0.5, 0.6) is 0 Å².